The Morgan fingerprint density at radius 3 is 2.34 bits per heavy atom. The van der Waals surface area contributed by atoms with Crippen LogP contribution in [0.3, 0.4) is 0 Å². The van der Waals surface area contributed by atoms with Gasteiger partial charge in [0.05, 0.1) is 24.5 Å². The Kier molecular flexibility index (Phi) is 6.79. The Morgan fingerprint density at radius 1 is 1.09 bits per heavy atom. The van der Waals surface area contributed by atoms with E-state index >= 15 is 0 Å². The molecule has 1 unspecified atom stereocenters. The van der Waals surface area contributed by atoms with E-state index in [9.17, 15) is 28.2 Å². The van der Waals surface area contributed by atoms with Gasteiger partial charge >= 0.3 is 11.9 Å². The number of hydrogen-bond acceptors (Lipinski definition) is 6. The third-order valence-corrected chi connectivity index (χ3v) is 5.44. The Morgan fingerprint density at radius 2 is 1.74 bits per heavy atom. The first-order chi connectivity index (χ1) is 16.5. The first-order valence-electron chi connectivity index (χ1n) is 10.4. The molecule has 2 N–H and O–H groups in total. The number of halogens is 4. The zero-order chi connectivity index (χ0) is 25.3. The van der Waals surface area contributed by atoms with Crippen molar-refractivity contribution in [1.29, 1.82) is 0 Å². The smallest absolute Gasteiger partial charge is 0.385 e. The molecule has 9 nitrogen and oxygen atoms in total. The predicted octanol–water partition coefficient (Wildman–Crippen LogP) is 2.97. The number of benzene rings is 1. The molecular formula is C22H20ClF3N6O3. The number of nitrogens with zero attached hydrogens (tertiary/aromatic N) is 6. The van der Waals surface area contributed by atoms with Crippen molar-refractivity contribution in [2.75, 3.05) is 0 Å². The highest BCUT2D eigenvalue weighted by atomic mass is 35.5. The topological polar surface area (TPSA) is 111 Å². The van der Waals surface area contributed by atoms with Crippen LogP contribution in [-0.2, 0) is 13.1 Å². The molecule has 0 aliphatic carbocycles. The molecule has 0 bridgehead atoms. The van der Waals surface area contributed by atoms with Crippen LogP contribution in [0.15, 0.2) is 59.8 Å². The molecule has 3 heterocycles. The lowest BCUT2D eigenvalue weighted by Crippen LogP contribution is -2.37. The van der Waals surface area contributed by atoms with E-state index in [2.05, 4.69) is 15.1 Å². The first kappa shape index (κ1) is 24.6. The zero-order valence-electron chi connectivity index (χ0n) is 18.3. The first-order valence-corrected chi connectivity index (χ1v) is 10.8. The second kappa shape index (κ2) is 9.64. The quantitative estimate of drug-likeness (QED) is 0.397. The van der Waals surface area contributed by atoms with Crippen LogP contribution in [-0.4, -0.2) is 51.4 Å². The molecule has 2 atom stereocenters. The summed E-state index contributed by atoms with van der Waals surface area (Å²) in [5.74, 6) is 0.361. The van der Waals surface area contributed by atoms with E-state index in [1.807, 2.05) is 0 Å². The normalized spacial score (nSPS) is 13.7. The van der Waals surface area contributed by atoms with E-state index in [1.54, 1.807) is 24.3 Å². The summed E-state index contributed by atoms with van der Waals surface area (Å²) >= 11 is 5.91. The third-order valence-electron chi connectivity index (χ3n) is 5.19. The predicted molar refractivity (Wildman–Crippen MR) is 120 cm³/mol. The van der Waals surface area contributed by atoms with E-state index in [1.165, 1.54) is 42.3 Å². The van der Waals surface area contributed by atoms with Crippen LogP contribution in [0.4, 0.5) is 13.2 Å². The summed E-state index contributed by atoms with van der Waals surface area (Å²) in [4.78, 5) is 21.3. The SMILES string of the molecule is C[C@H](O)c1nc(Cn2cc(-c3ccc(Cl)cc3)n(CC(O)C(F)(F)F)c2=O)nn1-c1ccncc1. The van der Waals surface area contributed by atoms with Crippen molar-refractivity contribution in [3.63, 3.8) is 0 Å². The molecule has 4 rings (SSSR count). The molecule has 0 radical (unpaired) electrons. The van der Waals surface area contributed by atoms with Crippen molar-refractivity contribution < 1.29 is 23.4 Å². The van der Waals surface area contributed by atoms with E-state index in [0.717, 1.165) is 9.13 Å². The van der Waals surface area contributed by atoms with Crippen LogP contribution in [0.25, 0.3) is 16.9 Å². The van der Waals surface area contributed by atoms with Gasteiger partial charge in [-0.1, -0.05) is 23.7 Å². The number of rotatable bonds is 7. The molecule has 13 heteroatoms. The maximum Gasteiger partial charge on any atom is 0.416 e. The maximum atomic E-state index is 13.1. The van der Waals surface area contributed by atoms with E-state index < -0.39 is 30.6 Å². The van der Waals surface area contributed by atoms with Gasteiger partial charge in [0.2, 0.25) is 0 Å². The molecule has 4 aromatic rings. The fourth-order valence-electron chi connectivity index (χ4n) is 3.48. The van der Waals surface area contributed by atoms with Gasteiger partial charge < -0.3 is 10.2 Å². The van der Waals surface area contributed by atoms with Gasteiger partial charge in [-0.15, -0.1) is 5.10 Å². The van der Waals surface area contributed by atoms with Crippen molar-refractivity contribution in [3.8, 4) is 16.9 Å². The summed E-state index contributed by atoms with van der Waals surface area (Å²) in [6.07, 6.45) is -4.19. The third kappa shape index (κ3) is 5.29. The van der Waals surface area contributed by atoms with Gasteiger partial charge in [-0.3, -0.25) is 14.1 Å². The van der Waals surface area contributed by atoms with Crippen LogP contribution in [0, 0.1) is 0 Å². The zero-order valence-corrected chi connectivity index (χ0v) is 19.0. The Balaban J connectivity index is 1.76. The Hall–Kier alpha value is -3.48. The van der Waals surface area contributed by atoms with E-state index in [-0.39, 0.29) is 23.9 Å². The number of hydrogen-bond donors (Lipinski definition) is 2. The molecule has 0 fully saturated rings. The largest absolute Gasteiger partial charge is 0.416 e. The number of alkyl halides is 3. The highest BCUT2D eigenvalue weighted by Gasteiger charge is 2.39. The minimum atomic E-state index is -4.91. The lowest BCUT2D eigenvalue weighted by atomic mass is 10.1. The summed E-state index contributed by atoms with van der Waals surface area (Å²) in [5, 5.41) is 24.5. The van der Waals surface area contributed by atoms with Gasteiger partial charge in [-0.05, 0) is 36.8 Å². The van der Waals surface area contributed by atoms with Crippen molar-refractivity contribution in [2.45, 2.75) is 38.4 Å². The summed E-state index contributed by atoms with van der Waals surface area (Å²) in [7, 11) is 0. The number of imidazole rings is 1. The number of pyridine rings is 1. The molecular weight excluding hydrogens is 489 g/mol. The van der Waals surface area contributed by atoms with E-state index in [4.69, 9.17) is 11.6 Å². The summed E-state index contributed by atoms with van der Waals surface area (Å²) in [6.45, 7) is 0.322. The lowest BCUT2D eigenvalue weighted by Gasteiger charge is -2.16. The summed E-state index contributed by atoms with van der Waals surface area (Å²) in [6, 6.07) is 9.50. The second-order valence-corrected chi connectivity index (χ2v) is 8.22. The lowest BCUT2D eigenvalue weighted by molar-refractivity contribution is -0.207. The van der Waals surface area contributed by atoms with Crippen molar-refractivity contribution in [3.05, 3.63) is 82.1 Å². The molecule has 184 valence electrons. The van der Waals surface area contributed by atoms with Crippen LogP contribution in [0.1, 0.15) is 24.7 Å². The molecule has 0 aliphatic rings. The molecule has 0 amide bonds. The fourth-order valence-corrected chi connectivity index (χ4v) is 3.61. The number of aliphatic hydroxyl groups excluding tert-OH is 2. The molecule has 0 aliphatic heterocycles. The standard InChI is InChI=1S/C22H20ClF3N6O3/c1-13(33)20-28-19(29-32(20)16-6-8-27-9-7-16)12-30-10-17(14-2-4-15(23)5-3-14)31(21(30)35)11-18(34)22(24,25)26/h2-10,13,18,33-34H,11-12H2,1H3/t13-,18?/m0/s1. The molecule has 1 aromatic carbocycles. The molecule has 3 aromatic heterocycles. The average Bonchev–Trinajstić information content (AvgIpc) is 3.37. The number of aliphatic hydroxyl groups is 2. The van der Waals surface area contributed by atoms with Crippen molar-refractivity contribution >= 4 is 11.6 Å². The minimum Gasteiger partial charge on any atom is -0.385 e. The Labute approximate surface area is 201 Å². The van der Waals surface area contributed by atoms with Crippen LogP contribution in [0.5, 0.6) is 0 Å². The molecule has 35 heavy (non-hydrogen) atoms. The second-order valence-electron chi connectivity index (χ2n) is 7.78. The molecule has 0 saturated heterocycles. The molecule has 0 saturated carbocycles. The van der Waals surface area contributed by atoms with Crippen LogP contribution < -0.4 is 5.69 Å². The summed E-state index contributed by atoms with van der Waals surface area (Å²) < 4.78 is 42.5. The summed E-state index contributed by atoms with van der Waals surface area (Å²) in [5.41, 5.74) is 0.366. The minimum absolute atomic E-state index is 0.149. The van der Waals surface area contributed by atoms with Gasteiger partial charge in [-0.2, -0.15) is 13.2 Å². The maximum absolute atomic E-state index is 13.1. The van der Waals surface area contributed by atoms with Crippen molar-refractivity contribution in [2.24, 2.45) is 0 Å². The highest BCUT2D eigenvalue weighted by Crippen LogP contribution is 2.25. The fraction of sp³-hybridized carbons (Fsp3) is 0.273. The van der Waals surface area contributed by atoms with Crippen LogP contribution in [0.2, 0.25) is 5.02 Å². The van der Waals surface area contributed by atoms with E-state index in [0.29, 0.717) is 16.3 Å². The average molecular weight is 509 g/mol. The van der Waals surface area contributed by atoms with Gasteiger partial charge in [0.25, 0.3) is 0 Å². The number of aromatic nitrogens is 6. The van der Waals surface area contributed by atoms with Gasteiger partial charge in [0, 0.05) is 23.6 Å². The van der Waals surface area contributed by atoms with Gasteiger partial charge in [-0.25, -0.2) is 14.5 Å². The van der Waals surface area contributed by atoms with Gasteiger partial charge in [0.1, 0.15) is 6.10 Å². The van der Waals surface area contributed by atoms with Crippen molar-refractivity contribution in [1.82, 2.24) is 28.9 Å². The molecule has 0 spiro atoms. The Bertz CT molecular complexity index is 1360. The highest BCUT2D eigenvalue weighted by molar-refractivity contribution is 6.30. The monoisotopic (exact) mass is 508 g/mol. The van der Waals surface area contributed by atoms with Crippen LogP contribution >= 0.6 is 11.6 Å². The van der Waals surface area contributed by atoms with Gasteiger partial charge in [0.15, 0.2) is 17.8 Å².